The zero-order valence-electron chi connectivity index (χ0n) is 17.6. The van der Waals surface area contributed by atoms with Crippen LogP contribution in [-0.4, -0.2) is 67.5 Å². The second-order valence-corrected chi connectivity index (χ2v) is 8.64. The van der Waals surface area contributed by atoms with Gasteiger partial charge >= 0.3 is 12.2 Å². The number of carbonyl (C=O) groups excluding carboxylic acids is 2. The number of alkyl halides is 3. The van der Waals surface area contributed by atoms with Crippen LogP contribution in [0.5, 0.6) is 0 Å². The average Bonchev–Trinajstić information content (AvgIpc) is 3.15. The third-order valence-electron chi connectivity index (χ3n) is 6.39. The Bertz CT molecular complexity index is 1230. The average molecular weight is 459 g/mol. The van der Waals surface area contributed by atoms with Gasteiger partial charge in [0.2, 0.25) is 0 Å². The molecular formula is C21H20F3N7O2. The number of aromatic nitrogens is 4. The van der Waals surface area contributed by atoms with E-state index in [1.165, 1.54) is 4.90 Å². The van der Waals surface area contributed by atoms with Gasteiger partial charge in [0.25, 0.3) is 5.91 Å². The Kier molecular flexibility index (Phi) is 4.76. The van der Waals surface area contributed by atoms with Crippen LogP contribution in [0.25, 0.3) is 5.52 Å². The van der Waals surface area contributed by atoms with E-state index in [0.717, 1.165) is 11.8 Å². The first-order chi connectivity index (χ1) is 15.7. The molecule has 2 fully saturated rings. The van der Waals surface area contributed by atoms with Gasteiger partial charge in [-0.25, -0.2) is 19.3 Å². The predicted molar refractivity (Wildman–Crippen MR) is 110 cm³/mol. The highest BCUT2D eigenvalue weighted by Gasteiger charge is 2.55. The van der Waals surface area contributed by atoms with Crippen molar-refractivity contribution in [3.05, 3.63) is 54.2 Å². The van der Waals surface area contributed by atoms with Crippen LogP contribution in [0.2, 0.25) is 0 Å². The van der Waals surface area contributed by atoms with Crippen molar-refractivity contribution >= 4 is 23.3 Å². The summed E-state index contributed by atoms with van der Waals surface area (Å²) in [7, 11) is 1.60. The molecule has 0 bridgehead atoms. The summed E-state index contributed by atoms with van der Waals surface area (Å²) in [6, 6.07) is 5.63. The third kappa shape index (κ3) is 3.74. The number of rotatable bonds is 3. The molecule has 1 saturated heterocycles. The lowest BCUT2D eigenvalue weighted by molar-refractivity contribution is -0.141. The number of carbonyl (C=O) groups is 2. The normalized spacial score (nSPS) is 17.5. The van der Waals surface area contributed by atoms with Crippen molar-refractivity contribution in [2.24, 2.45) is 5.41 Å². The number of anilines is 1. The second-order valence-electron chi connectivity index (χ2n) is 8.64. The van der Waals surface area contributed by atoms with Crippen LogP contribution in [0.4, 0.5) is 23.8 Å². The van der Waals surface area contributed by atoms with Gasteiger partial charge in [-0.3, -0.25) is 10.1 Å². The van der Waals surface area contributed by atoms with E-state index in [0.29, 0.717) is 37.6 Å². The number of amides is 3. The Labute approximate surface area is 186 Å². The van der Waals surface area contributed by atoms with Crippen molar-refractivity contribution in [2.45, 2.75) is 25.1 Å². The maximum atomic E-state index is 12.9. The Balaban J connectivity index is 1.15. The Morgan fingerprint density at radius 1 is 1.21 bits per heavy atom. The van der Waals surface area contributed by atoms with E-state index in [1.807, 2.05) is 18.2 Å². The van der Waals surface area contributed by atoms with Crippen LogP contribution in [0, 0.1) is 5.41 Å². The summed E-state index contributed by atoms with van der Waals surface area (Å²) in [6.45, 7) is 1.20. The number of fused-ring (bicyclic) bond motifs is 1. The molecule has 3 amide bonds. The maximum absolute atomic E-state index is 12.9. The number of likely N-dealkylation sites (tertiary alicyclic amines) is 1. The molecular weight excluding hydrogens is 439 g/mol. The summed E-state index contributed by atoms with van der Waals surface area (Å²) < 4.78 is 40.0. The molecule has 1 aliphatic heterocycles. The Morgan fingerprint density at radius 2 is 1.97 bits per heavy atom. The van der Waals surface area contributed by atoms with Crippen molar-refractivity contribution in [2.75, 3.05) is 25.5 Å². The van der Waals surface area contributed by atoms with Crippen LogP contribution in [-0.2, 0) is 6.18 Å². The van der Waals surface area contributed by atoms with Gasteiger partial charge in [-0.1, -0.05) is 6.07 Å². The van der Waals surface area contributed by atoms with E-state index in [-0.39, 0.29) is 23.2 Å². The molecule has 1 aliphatic carbocycles. The summed E-state index contributed by atoms with van der Waals surface area (Å²) in [5, 5.41) is 6.60. The number of nitrogens with one attached hydrogen (secondary N) is 1. The molecule has 172 valence electrons. The number of hydrogen-bond acceptors (Lipinski definition) is 5. The minimum Gasteiger partial charge on any atom is -0.337 e. The molecule has 33 heavy (non-hydrogen) atoms. The topological polar surface area (TPSA) is 95.7 Å². The highest BCUT2D eigenvalue weighted by atomic mass is 19.4. The molecule has 0 radical (unpaired) electrons. The summed E-state index contributed by atoms with van der Waals surface area (Å²) in [5.41, 5.74) is 0.157. The molecule has 1 N–H and O–H groups in total. The lowest BCUT2D eigenvalue weighted by atomic mass is 9.60. The zero-order valence-corrected chi connectivity index (χ0v) is 17.6. The molecule has 0 unspecified atom stereocenters. The standard InChI is InChI=1S/C21H20F3N7O2/c1-29(19(33)28-17-6-16(21(22,23)24)25-12-26-17)13-7-20(8-13)10-30(11-20)18(32)14-9-27-31-5-3-2-4-15(14)31/h2-6,9,12-13H,7-8,10-11H2,1H3,(H,25,26,28,33). The van der Waals surface area contributed by atoms with Crippen LogP contribution in [0.1, 0.15) is 28.9 Å². The van der Waals surface area contributed by atoms with E-state index in [9.17, 15) is 22.8 Å². The molecule has 5 rings (SSSR count). The molecule has 0 atom stereocenters. The molecule has 2 aliphatic rings. The van der Waals surface area contributed by atoms with Crippen molar-refractivity contribution < 1.29 is 22.8 Å². The van der Waals surface area contributed by atoms with Crippen molar-refractivity contribution in [1.29, 1.82) is 0 Å². The third-order valence-corrected chi connectivity index (χ3v) is 6.39. The monoisotopic (exact) mass is 459 g/mol. The van der Waals surface area contributed by atoms with Crippen LogP contribution < -0.4 is 5.32 Å². The van der Waals surface area contributed by atoms with Crippen molar-refractivity contribution in [1.82, 2.24) is 29.4 Å². The molecule has 9 nitrogen and oxygen atoms in total. The largest absolute Gasteiger partial charge is 0.433 e. The van der Waals surface area contributed by atoms with Gasteiger partial charge in [0.05, 0.1) is 17.3 Å². The van der Waals surface area contributed by atoms with Gasteiger partial charge < -0.3 is 9.80 Å². The molecule has 12 heteroatoms. The minimum absolute atomic E-state index is 0.0315. The molecule has 4 heterocycles. The summed E-state index contributed by atoms with van der Waals surface area (Å²) in [6.07, 6.45) is 0.931. The molecule has 0 aromatic carbocycles. The summed E-state index contributed by atoms with van der Waals surface area (Å²) in [5.74, 6) is -0.280. The predicted octanol–water partition coefficient (Wildman–Crippen LogP) is 2.91. The van der Waals surface area contributed by atoms with Crippen molar-refractivity contribution in [3.63, 3.8) is 0 Å². The van der Waals surface area contributed by atoms with Gasteiger partial charge in [0.15, 0.2) is 0 Å². The first-order valence-corrected chi connectivity index (χ1v) is 10.3. The minimum atomic E-state index is -4.62. The van der Waals surface area contributed by atoms with Gasteiger partial charge in [-0.05, 0) is 25.0 Å². The van der Waals surface area contributed by atoms with Gasteiger partial charge in [0.1, 0.15) is 17.8 Å². The van der Waals surface area contributed by atoms with E-state index in [1.54, 1.807) is 28.9 Å². The fourth-order valence-electron chi connectivity index (χ4n) is 4.59. The van der Waals surface area contributed by atoms with Gasteiger partial charge in [0, 0.05) is 43.9 Å². The Hall–Kier alpha value is -3.70. The fourth-order valence-corrected chi connectivity index (χ4v) is 4.59. The zero-order chi connectivity index (χ0) is 23.4. The van der Waals surface area contributed by atoms with Crippen LogP contribution >= 0.6 is 0 Å². The second kappa shape index (κ2) is 7.42. The molecule has 1 spiro atoms. The van der Waals surface area contributed by atoms with E-state index < -0.39 is 17.9 Å². The summed E-state index contributed by atoms with van der Waals surface area (Å²) in [4.78, 5) is 35.5. The highest BCUT2D eigenvalue weighted by molar-refractivity contribution is 6.01. The quantitative estimate of drug-likeness (QED) is 0.650. The van der Waals surface area contributed by atoms with Crippen molar-refractivity contribution in [3.8, 4) is 0 Å². The SMILES string of the molecule is CN(C(=O)Nc1cc(C(F)(F)F)ncn1)C1CC2(C1)CN(C(=O)c1cnn3ccccc13)C2. The highest BCUT2D eigenvalue weighted by Crippen LogP contribution is 2.50. The number of pyridine rings is 1. The van der Waals surface area contributed by atoms with Gasteiger partial charge in [-0.2, -0.15) is 18.3 Å². The number of halogens is 3. The molecule has 3 aromatic rings. The lowest BCUT2D eigenvalue weighted by Crippen LogP contribution is -2.67. The number of nitrogens with zero attached hydrogens (tertiary/aromatic N) is 6. The number of urea groups is 1. The number of hydrogen-bond donors (Lipinski definition) is 1. The lowest BCUT2D eigenvalue weighted by Gasteiger charge is -2.60. The van der Waals surface area contributed by atoms with Gasteiger partial charge in [-0.15, -0.1) is 0 Å². The van der Waals surface area contributed by atoms with E-state index >= 15 is 0 Å². The first-order valence-electron chi connectivity index (χ1n) is 10.3. The fraction of sp³-hybridized carbons (Fsp3) is 0.381. The van der Waals surface area contributed by atoms with E-state index in [4.69, 9.17) is 0 Å². The Morgan fingerprint density at radius 3 is 2.70 bits per heavy atom. The molecule has 3 aromatic heterocycles. The first kappa shape index (κ1) is 21.2. The smallest absolute Gasteiger partial charge is 0.337 e. The van der Waals surface area contributed by atoms with Crippen LogP contribution in [0.3, 0.4) is 0 Å². The maximum Gasteiger partial charge on any atom is 0.433 e. The van der Waals surface area contributed by atoms with E-state index in [2.05, 4.69) is 20.4 Å². The van der Waals surface area contributed by atoms with Crippen LogP contribution in [0.15, 0.2) is 43.0 Å². The summed E-state index contributed by atoms with van der Waals surface area (Å²) >= 11 is 0. The molecule has 1 saturated carbocycles.